The Labute approximate surface area is 120 Å². The van der Waals surface area contributed by atoms with Crippen molar-refractivity contribution in [3.8, 4) is 5.75 Å². The molecule has 110 valence electrons. The highest BCUT2D eigenvalue weighted by Crippen LogP contribution is 2.35. The average molecular weight is 276 g/mol. The van der Waals surface area contributed by atoms with Crippen LogP contribution in [0.15, 0.2) is 24.3 Å². The van der Waals surface area contributed by atoms with E-state index in [0.29, 0.717) is 5.75 Å². The van der Waals surface area contributed by atoms with Gasteiger partial charge in [0.05, 0.1) is 13.2 Å². The molecule has 2 fully saturated rings. The fraction of sp³-hybridized carbons (Fsp3) is 0.625. The zero-order valence-electron chi connectivity index (χ0n) is 12.0. The Morgan fingerprint density at radius 3 is 2.85 bits per heavy atom. The van der Waals surface area contributed by atoms with Crippen molar-refractivity contribution in [2.45, 2.75) is 24.8 Å². The van der Waals surface area contributed by atoms with Crippen LogP contribution in [-0.2, 0) is 10.3 Å². The smallest absolute Gasteiger partial charge is 0.115 e. The number of morpholine rings is 1. The van der Waals surface area contributed by atoms with E-state index in [1.165, 1.54) is 12.0 Å². The maximum absolute atomic E-state index is 9.75. The summed E-state index contributed by atoms with van der Waals surface area (Å²) in [6, 6.07) is 7.74. The molecule has 1 aromatic rings. The summed E-state index contributed by atoms with van der Waals surface area (Å²) in [5.74, 6) is 0.363. The van der Waals surface area contributed by atoms with Crippen LogP contribution in [-0.4, -0.2) is 49.4 Å². The number of nitrogens with zero attached hydrogens (tertiary/aromatic N) is 1. The van der Waals surface area contributed by atoms with Crippen LogP contribution in [0, 0.1) is 0 Å². The van der Waals surface area contributed by atoms with Crippen LogP contribution in [0.3, 0.4) is 0 Å². The van der Waals surface area contributed by atoms with Gasteiger partial charge in [-0.3, -0.25) is 4.90 Å². The van der Waals surface area contributed by atoms with E-state index in [0.717, 1.165) is 52.2 Å². The van der Waals surface area contributed by atoms with Crippen molar-refractivity contribution in [3.63, 3.8) is 0 Å². The fourth-order valence-electron chi connectivity index (χ4n) is 3.39. The van der Waals surface area contributed by atoms with Crippen LogP contribution in [0.2, 0.25) is 0 Å². The lowest BCUT2D eigenvalue weighted by atomic mass is 9.85. The summed E-state index contributed by atoms with van der Waals surface area (Å²) >= 11 is 0. The number of benzene rings is 1. The molecule has 1 aromatic carbocycles. The van der Waals surface area contributed by atoms with Gasteiger partial charge in [-0.05, 0) is 43.5 Å². The van der Waals surface area contributed by atoms with Gasteiger partial charge in [0, 0.05) is 25.2 Å². The molecule has 0 bridgehead atoms. The molecule has 20 heavy (non-hydrogen) atoms. The second-order valence-electron chi connectivity index (χ2n) is 5.87. The van der Waals surface area contributed by atoms with Crippen molar-refractivity contribution >= 4 is 0 Å². The van der Waals surface area contributed by atoms with Gasteiger partial charge in [-0.2, -0.15) is 0 Å². The summed E-state index contributed by atoms with van der Waals surface area (Å²) in [5.41, 5.74) is 1.26. The molecule has 3 rings (SSSR count). The first-order valence-electron chi connectivity index (χ1n) is 7.63. The minimum atomic E-state index is 0.0387. The maximum Gasteiger partial charge on any atom is 0.115 e. The molecule has 1 unspecified atom stereocenters. The normalized spacial score (nSPS) is 27.8. The van der Waals surface area contributed by atoms with Gasteiger partial charge in [0.25, 0.3) is 0 Å². The maximum atomic E-state index is 9.75. The number of hydrogen-bond acceptors (Lipinski definition) is 4. The molecule has 2 aliphatic heterocycles. The molecule has 0 amide bonds. The predicted octanol–water partition coefficient (Wildman–Crippen LogP) is 1.69. The lowest BCUT2D eigenvalue weighted by Crippen LogP contribution is -2.43. The van der Waals surface area contributed by atoms with E-state index < -0.39 is 0 Å². The quantitative estimate of drug-likeness (QED) is 0.878. The second kappa shape index (κ2) is 6.12. The molecule has 0 saturated carbocycles. The van der Waals surface area contributed by atoms with Crippen LogP contribution in [0.4, 0.5) is 0 Å². The third-order valence-corrected chi connectivity index (χ3v) is 4.60. The van der Waals surface area contributed by atoms with E-state index in [9.17, 15) is 5.11 Å². The van der Waals surface area contributed by atoms with E-state index in [2.05, 4.69) is 16.3 Å². The minimum absolute atomic E-state index is 0.0387. The molecule has 0 aliphatic carbocycles. The summed E-state index contributed by atoms with van der Waals surface area (Å²) in [6.07, 6.45) is 3.45. The molecule has 2 N–H and O–H groups in total. The van der Waals surface area contributed by atoms with Crippen molar-refractivity contribution in [2.75, 3.05) is 39.4 Å². The second-order valence-corrected chi connectivity index (χ2v) is 5.87. The lowest BCUT2D eigenvalue weighted by Gasteiger charge is -2.34. The largest absolute Gasteiger partial charge is 0.508 e. The van der Waals surface area contributed by atoms with E-state index in [1.54, 1.807) is 6.07 Å². The molecular formula is C16H24N2O2. The highest BCUT2D eigenvalue weighted by molar-refractivity contribution is 5.33. The summed E-state index contributed by atoms with van der Waals surface area (Å²) in [5, 5.41) is 13.4. The monoisotopic (exact) mass is 276 g/mol. The predicted molar refractivity (Wildman–Crippen MR) is 78.9 cm³/mol. The molecule has 0 radical (unpaired) electrons. The molecule has 2 aliphatic rings. The van der Waals surface area contributed by atoms with E-state index in [1.807, 2.05) is 12.1 Å². The SMILES string of the molecule is Oc1cccc(C2(CCN3CCOCC3)CCCN2)c1. The molecule has 4 heteroatoms. The van der Waals surface area contributed by atoms with Gasteiger partial charge in [0.1, 0.15) is 5.75 Å². The first-order valence-corrected chi connectivity index (χ1v) is 7.63. The van der Waals surface area contributed by atoms with Crippen molar-refractivity contribution in [2.24, 2.45) is 0 Å². The first kappa shape index (κ1) is 13.9. The third-order valence-electron chi connectivity index (χ3n) is 4.60. The highest BCUT2D eigenvalue weighted by atomic mass is 16.5. The van der Waals surface area contributed by atoms with Crippen molar-refractivity contribution in [1.29, 1.82) is 0 Å². The molecule has 2 heterocycles. The van der Waals surface area contributed by atoms with Gasteiger partial charge in [0.2, 0.25) is 0 Å². The summed E-state index contributed by atoms with van der Waals surface area (Å²) in [4.78, 5) is 2.48. The van der Waals surface area contributed by atoms with Gasteiger partial charge in [-0.25, -0.2) is 0 Å². The van der Waals surface area contributed by atoms with Gasteiger partial charge in [-0.15, -0.1) is 0 Å². The zero-order valence-corrected chi connectivity index (χ0v) is 12.0. The van der Waals surface area contributed by atoms with E-state index >= 15 is 0 Å². The van der Waals surface area contributed by atoms with Crippen LogP contribution >= 0.6 is 0 Å². The van der Waals surface area contributed by atoms with Crippen LogP contribution < -0.4 is 5.32 Å². The molecule has 0 aromatic heterocycles. The minimum Gasteiger partial charge on any atom is -0.508 e. The third kappa shape index (κ3) is 2.97. The molecule has 4 nitrogen and oxygen atoms in total. The fourth-order valence-corrected chi connectivity index (χ4v) is 3.39. The van der Waals surface area contributed by atoms with Gasteiger partial charge in [-0.1, -0.05) is 12.1 Å². The van der Waals surface area contributed by atoms with Crippen LogP contribution in [0.25, 0.3) is 0 Å². The molecule has 0 spiro atoms. The zero-order chi connectivity index (χ0) is 13.8. The Morgan fingerprint density at radius 1 is 1.30 bits per heavy atom. The Balaban J connectivity index is 1.71. The Morgan fingerprint density at radius 2 is 2.15 bits per heavy atom. The first-order chi connectivity index (χ1) is 9.78. The summed E-state index contributed by atoms with van der Waals surface area (Å²) < 4.78 is 5.41. The number of hydrogen-bond donors (Lipinski definition) is 2. The number of aromatic hydroxyl groups is 1. The van der Waals surface area contributed by atoms with Crippen molar-refractivity contribution < 1.29 is 9.84 Å². The lowest BCUT2D eigenvalue weighted by molar-refractivity contribution is 0.0337. The van der Waals surface area contributed by atoms with Crippen molar-refractivity contribution in [1.82, 2.24) is 10.2 Å². The van der Waals surface area contributed by atoms with E-state index in [4.69, 9.17) is 4.74 Å². The van der Waals surface area contributed by atoms with Gasteiger partial charge < -0.3 is 15.2 Å². The highest BCUT2D eigenvalue weighted by Gasteiger charge is 2.35. The van der Waals surface area contributed by atoms with Crippen LogP contribution in [0.1, 0.15) is 24.8 Å². The van der Waals surface area contributed by atoms with Gasteiger partial charge >= 0.3 is 0 Å². The van der Waals surface area contributed by atoms with Crippen LogP contribution in [0.5, 0.6) is 5.75 Å². The number of phenols is 1. The molecule has 2 saturated heterocycles. The Hall–Kier alpha value is -1.10. The topological polar surface area (TPSA) is 44.7 Å². The average Bonchev–Trinajstić information content (AvgIpc) is 2.96. The van der Waals surface area contributed by atoms with E-state index in [-0.39, 0.29) is 5.54 Å². The molecule has 1 atom stereocenters. The summed E-state index contributed by atoms with van der Waals surface area (Å²) in [7, 11) is 0. The Kier molecular flexibility index (Phi) is 4.24. The molecular weight excluding hydrogens is 252 g/mol. The standard InChI is InChI=1S/C16H24N2O2/c19-15-4-1-3-14(13-15)16(5-2-7-17-16)6-8-18-9-11-20-12-10-18/h1,3-4,13,17,19H,2,5-12H2. The number of ether oxygens (including phenoxy) is 1. The number of rotatable bonds is 4. The summed E-state index contributed by atoms with van der Waals surface area (Å²) in [6.45, 7) is 5.94. The van der Waals surface area contributed by atoms with Gasteiger partial charge in [0.15, 0.2) is 0 Å². The number of phenolic OH excluding ortho intramolecular Hbond substituents is 1. The Bertz CT molecular complexity index is 438. The number of nitrogens with one attached hydrogen (secondary N) is 1. The van der Waals surface area contributed by atoms with Crippen molar-refractivity contribution in [3.05, 3.63) is 29.8 Å².